The van der Waals surface area contributed by atoms with Gasteiger partial charge in [-0.15, -0.1) is 11.8 Å². The first kappa shape index (κ1) is 14.8. The van der Waals surface area contributed by atoms with Crippen LogP contribution in [0.3, 0.4) is 0 Å². The first-order valence-corrected chi connectivity index (χ1v) is 9.09. The standard InChI is InChI=1S/C17H25N3S/c18-17(20-14-7-3-1-2-4-8-14)19-11-13-12-21-16-10-6-5-9-15(13)16/h5-6,9-10,13-14H,1-4,7-8,11-12H2,(H3,18,19,20). The van der Waals surface area contributed by atoms with Gasteiger partial charge in [0.15, 0.2) is 5.96 Å². The van der Waals surface area contributed by atoms with Crippen molar-refractivity contribution in [1.82, 2.24) is 5.32 Å². The second-order valence-electron chi connectivity index (χ2n) is 6.10. The Bertz CT molecular complexity index is 493. The number of nitrogens with zero attached hydrogens (tertiary/aromatic N) is 1. The van der Waals surface area contributed by atoms with Crippen LogP contribution < -0.4 is 11.1 Å². The Morgan fingerprint density at radius 1 is 1.19 bits per heavy atom. The van der Waals surface area contributed by atoms with Crippen LogP contribution in [0.5, 0.6) is 0 Å². The molecule has 21 heavy (non-hydrogen) atoms. The first-order valence-electron chi connectivity index (χ1n) is 8.11. The summed E-state index contributed by atoms with van der Waals surface area (Å²) in [6, 6.07) is 9.19. The maximum absolute atomic E-state index is 6.09. The van der Waals surface area contributed by atoms with Gasteiger partial charge in [0.1, 0.15) is 0 Å². The predicted octanol–water partition coefficient (Wildman–Crippen LogP) is 3.50. The summed E-state index contributed by atoms with van der Waals surface area (Å²) in [5.74, 6) is 2.27. The van der Waals surface area contributed by atoms with Crippen molar-refractivity contribution in [3.05, 3.63) is 29.8 Å². The molecule has 0 spiro atoms. The minimum atomic E-state index is 0.515. The Kier molecular flexibility index (Phi) is 5.07. The molecule has 1 unspecified atom stereocenters. The van der Waals surface area contributed by atoms with Gasteiger partial charge in [-0.25, -0.2) is 0 Å². The van der Waals surface area contributed by atoms with Crippen LogP contribution in [0, 0.1) is 0 Å². The Balaban J connectivity index is 1.54. The molecular formula is C17H25N3S. The van der Waals surface area contributed by atoms with E-state index in [4.69, 9.17) is 5.73 Å². The minimum absolute atomic E-state index is 0.515. The fourth-order valence-electron chi connectivity index (χ4n) is 3.27. The second-order valence-corrected chi connectivity index (χ2v) is 7.17. The molecule has 4 heteroatoms. The molecule has 1 heterocycles. The van der Waals surface area contributed by atoms with Crippen LogP contribution in [-0.4, -0.2) is 24.3 Å². The topological polar surface area (TPSA) is 50.4 Å². The Labute approximate surface area is 131 Å². The highest BCUT2D eigenvalue weighted by molar-refractivity contribution is 7.99. The number of guanidine groups is 1. The Morgan fingerprint density at radius 3 is 2.76 bits per heavy atom. The number of benzene rings is 1. The van der Waals surface area contributed by atoms with Gasteiger partial charge in [0.2, 0.25) is 0 Å². The van der Waals surface area contributed by atoms with Crippen molar-refractivity contribution >= 4 is 17.7 Å². The van der Waals surface area contributed by atoms with Crippen molar-refractivity contribution in [2.45, 2.75) is 55.4 Å². The van der Waals surface area contributed by atoms with Crippen LogP contribution in [0.1, 0.15) is 50.0 Å². The van der Waals surface area contributed by atoms with Crippen molar-refractivity contribution in [3.8, 4) is 0 Å². The van der Waals surface area contributed by atoms with E-state index in [1.807, 2.05) is 11.8 Å². The van der Waals surface area contributed by atoms with Crippen LogP contribution >= 0.6 is 11.8 Å². The summed E-state index contributed by atoms with van der Waals surface area (Å²) in [7, 11) is 0. The molecule has 1 aliphatic carbocycles. The highest BCUT2D eigenvalue weighted by Crippen LogP contribution is 2.39. The molecule has 1 aromatic carbocycles. The zero-order valence-corrected chi connectivity index (χ0v) is 13.4. The van der Waals surface area contributed by atoms with Gasteiger partial charge in [-0.2, -0.15) is 0 Å². The second kappa shape index (κ2) is 7.21. The Hall–Kier alpha value is -1.16. The molecule has 2 aliphatic rings. The van der Waals surface area contributed by atoms with E-state index >= 15 is 0 Å². The molecule has 1 aliphatic heterocycles. The molecule has 0 amide bonds. The number of aliphatic imine (C=N–C) groups is 1. The monoisotopic (exact) mass is 303 g/mol. The molecule has 0 aromatic heterocycles. The van der Waals surface area contributed by atoms with E-state index in [9.17, 15) is 0 Å². The molecule has 0 radical (unpaired) electrons. The number of hydrogen-bond acceptors (Lipinski definition) is 2. The van der Waals surface area contributed by atoms with Crippen LogP contribution in [0.15, 0.2) is 34.2 Å². The molecule has 0 bridgehead atoms. The van der Waals surface area contributed by atoms with Crippen molar-refractivity contribution in [1.29, 1.82) is 0 Å². The molecule has 3 rings (SSSR count). The molecular weight excluding hydrogens is 278 g/mol. The van der Waals surface area contributed by atoms with Crippen LogP contribution in [0.2, 0.25) is 0 Å². The normalized spacial score (nSPS) is 23.6. The number of hydrogen-bond donors (Lipinski definition) is 2. The van der Waals surface area contributed by atoms with Crippen LogP contribution in [0.25, 0.3) is 0 Å². The van der Waals surface area contributed by atoms with E-state index in [1.54, 1.807) is 0 Å². The third kappa shape index (κ3) is 3.94. The van der Waals surface area contributed by atoms with Crippen molar-refractivity contribution in [2.24, 2.45) is 10.7 Å². The summed E-state index contributed by atoms with van der Waals surface area (Å²) >= 11 is 1.94. The summed E-state index contributed by atoms with van der Waals surface area (Å²) < 4.78 is 0. The van der Waals surface area contributed by atoms with Gasteiger partial charge < -0.3 is 11.1 Å². The van der Waals surface area contributed by atoms with E-state index < -0.39 is 0 Å². The van der Waals surface area contributed by atoms with Gasteiger partial charge in [0, 0.05) is 22.6 Å². The molecule has 1 fully saturated rings. The van der Waals surface area contributed by atoms with Gasteiger partial charge in [0.05, 0.1) is 6.54 Å². The lowest BCUT2D eigenvalue weighted by Crippen LogP contribution is -2.40. The quantitative estimate of drug-likeness (QED) is 0.510. The van der Waals surface area contributed by atoms with Gasteiger partial charge >= 0.3 is 0 Å². The summed E-state index contributed by atoms with van der Waals surface area (Å²) in [4.78, 5) is 6.01. The fraction of sp³-hybridized carbons (Fsp3) is 0.588. The number of rotatable bonds is 3. The lowest BCUT2D eigenvalue weighted by molar-refractivity contribution is 0.529. The summed E-state index contributed by atoms with van der Waals surface area (Å²) in [6.45, 7) is 0.801. The molecule has 3 nitrogen and oxygen atoms in total. The van der Waals surface area contributed by atoms with Crippen molar-refractivity contribution in [2.75, 3.05) is 12.3 Å². The van der Waals surface area contributed by atoms with E-state index in [0.717, 1.165) is 12.3 Å². The molecule has 1 saturated carbocycles. The molecule has 3 N–H and O–H groups in total. The first-order chi connectivity index (χ1) is 10.3. The zero-order valence-electron chi connectivity index (χ0n) is 12.6. The highest BCUT2D eigenvalue weighted by Gasteiger charge is 2.22. The number of fused-ring (bicyclic) bond motifs is 1. The molecule has 1 atom stereocenters. The zero-order chi connectivity index (χ0) is 14.5. The average molecular weight is 303 g/mol. The number of nitrogens with one attached hydrogen (secondary N) is 1. The van der Waals surface area contributed by atoms with Gasteiger partial charge in [-0.05, 0) is 24.5 Å². The van der Waals surface area contributed by atoms with E-state index in [2.05, 4.69) is 34.6 Å². The van der Waals surface area contributed by atoms with E-state index in [1.165, 1.54) is 49.0 Å². The molecule has 114 valence electrons. The highest BCUT2D eigenvalue weighted by atomic mass is 32.2. The maximum Gasteiger partial charge on any atom is 0.188 e. The van der Waals surface area contributed by atoms with Crippen molar-refractivity contribution < 1.29 is 0 Å². The largest absolute Gasteiger partial charge is 0.370 e. The third-order valence-electron chi connectivity index (χ3n) is 4.49. The molecule has 0 saturated heterocycles. The van der Waals surface area contributed by atoms with E-state index in [-0.39, 0.29) is 0 Å². The van der Waals surface area contributed by atoms with Crippen LogP contribution in [0.4, 0.5) is 0 Å². The lowest BCUT2D eigenvalue weighted by atomic mass is 10.0. The minimum Gasteiger partial charge on any atom is -0.370 e. The van der Waals surface area contributed by atoms with E-state index in [0.29, 0.717) is 17.9 Å². The summed E-state index contributed by atoms with van der Waals surface area (Å²) in [5, 5.41) is 3.43. The van der Waals surface area contributed by atoms with Crippen LogP contribution in [-0.2, 0) is 0 Å². The molecule has 1 aromatic rings. The smallest absolute Gasteiger partial charge is 0.188 e. The lowest BCUT2D eigenvalue weighted by Gasteiger charge is -2.17. The van der Waals surface area contributed by atoms with Crippen molar-refractivity contribution in [3.63, 3.8) is 0 Å². The number of nitrogens with two attached hydrogens (primary N) is 1. The van der Waals surface area contributed by atoms with Gasteiger partial charge in [0.25, 0.3) is 0 Å². The summed E-state index contributed by atoms with van der Waals surface area (Å²) in [5.41, 5.74) is 7.52. The van der Waals surface area contributed by atoms with Gasteiger partial charge in [-0.1, -0.05) is 43.9 Å². The Morgan fingerprint density at radius 2 is 1.95 bits per heavy atom. The SMILES string of the molecule is NC(=NCC1CSc2ccccc21)NC1CCCCCC1. The average Bonchev–Trinajstić information content (AvgIpc) is 2.74. The number of thioether (sulfide) groups is 1. The third-order valence-corrected chi connectivity index (χ3v) is 5.74. The summed E-state index contributed by atoms with van der Waals surface area (Å²) in [6.07, 6.45) is 7.84. The fourth-order valence-corrected chi connectivity index (χ4v) is 4.51. The predicted molar refractivity (Wildman–Crippen MR) is 91.0 cm³/mol. The maximum atomic E-state index is 6.09. The van der Waals surface area contributed by atoms with Gasteiger partial charge in [-0.3, -0.25) is 4.99 Å².